The lowest BCUT2D eigenvalue weighted by Gasteiger charge is -2.05. The van der Waals surface area contributed by atoms with Gasteiger partial charge in [0.05, 0.1) is 0 Å². The normalized spacial score (nSPS) is 22.9. The summed E-state index contributed by atoms with van der Waals surface area (Å²) < 4.78 is 0. The minimum Gasteiger partial charge on any atom is -0.281 e. The summed E-state index contributed by atoms with van der Waals surface area (Å²) in [5, 5.41) is -0.184. The lowest BCUT2D eigenvalue weighted by Crippen LogP contribution is -1.97. The molecule has 0 saturated carbocycles. The highest BCUT2D eigenvalue weighted by Crippen LogP contribution is 2.27. The van der Waals surface area contributed by atoms with Crippen molar-refractivity contribution in [1.29, 1.82) is 0 Å². The summed E-state index contributed by atoms with van der Waals surface area (Å²) in [7, 11) is 0. The van der Waals surface area contributed by atoms with Crippen LogP contribution in [0.15, 0.2) is 0 Å². The largest absolute Gasteiger partial charge is 0.281 e. The molecule has 1 heterocycles. The van der Waals surface area contributed by atoms with Gasteiger partial charge < -0.3 is 0 Å². The molecule has 0 bridgehead atoms. The van der Waals surface area contributed by atoms with Crippen molar-refractivity contribution in [2.75, 3.05) is 11.5 Å². The van der Waals surface area contributed by atoms with Crippen molar-refractivity contribution in [1.82, 2.24) is 0 Å². The maximum atomic E-state index is 10.4. The van der Waals surface area contributed by atoms with E-state index in [1.807, 2.05) is 0 Å². The van der Waals surface area contributed by atoms with Crippen LogP contribution in [0.5, 0.6) is 0 Å². The van der Waals surface area contributed by atoms with Gasteiger partial charge >= 0.3 is 0 Å². The van der Waals surface area contributed by atoms with Crippen LogP contribution in [0.1, 0.15) is 32.1 Å². The second-order valence-electron chi connectivity index (χ2n) is 3.33. The maximum absolute atomic E-state index is 10.4. The minimum atomic E-state index is -0.184. The highest BCUT2D eigenvalue weighted by Gasteiger charge is 2.14. The molecule has 0 aromatic carbocycles. The minimum absolute atomic E-state index is 0.184. The average Bonchev–Trinajstić information content (AvgIpc) is 2.49. The van der Waals surface area contributed by atoms with Gasteiger partial charge in [-0.05, 0) is 48.3 Å². The third-order valence-electron chi connectivity index (χ3n) is 2.26. The second kappa shape index (κ2) is 5.87. The fraction of sp³-hybridized carbons (Fsp3) is 0.889. The third-order valence-corrected chi connectivity index (χ3v) is 3.68. The molecule has 1 atom stereocenters. The number of rotatable bonds is 5. The van der Waals surface area contributed by atoms with E-state index in [0.29, 0.717) is 6.42 Å². The van der Waals surface area contributed by atoms with Gasteiger partial charge in [-0.1, -0.05) is 6.42 Å². The first-order valence-electron chi connectivity index (χ1n) is 4.55. The van der Waals surface area contributed by atoms with Crippen molar-refractivity contribution in [3.05, 3.63) is 0 Å². The number of thioether (sulfide) groups is 1. The van der Waals surface area contributed by atoms with Gasteiger partial charge in [0.2, 0.25) is 5.24 Å². The summed E-state index contributed by atoms with van der Waals surface area (Å²) in [6, 6.07) is 0. The fourth-order valence-corrected chi connectivity index (χ4v) is 2.97. The van der Waals surface area contributed by atoms with E-state index in [4.69, 9.17) is 11.6 Å². The molecule has 3 heteroatoms. The Hall–Kier alpha value is 0.310. The summed E-state index contributed by atoms with van der Waals surface area (Å²) in [6.45, 7) is 0. The molecular formula is C9H15ClOS. The highest BCUT2D eigenvalue weighted by molar-refractivity contribution is 7.99. The highest BCUT2D eigenvalue weighted by atomic mass is 35.5. The Morgan fingerprint density at radius 2 is 2.33 bits per heavy atom. The Bertz CT molecular complexity index is 143. The molecule has 0 aromatic rings. The number of carbonyl (C=O) groups excluding carboxylic acids is 1. The van der Waals surface area contributed by atoms with Gasteiger partial charge in [-0.15, -0.1) is 0 Å². The van der Waals surface area contributed by atoms with E-state index in [9.17, 15) is 4.79 Å². The van der Waals surface area contributed by atoms with Gasteiger partial charge in [0.25, 0.3) is 0 Å². The summed E-state index contributed by atoms with van der Waals surface area (Å²) in [5.41, 5.74) is 0. The molecule has 12 heavy (non-hydrogen) atoms. The molecule has 1 aliphatic heterocycles. The molecule has 1 rings (SSSR count). The average molecular weight is 207 g/mol. The van der Waals surface area contributed by atoms with E-state index < -0.39 is 0 Å². The first-order chi connectivity index (χ1) is 5.79. The second-order valence-corrected chi connectivity index (χ2v) is 4.90. The summed E-state index contributed by atoms with van der Waals surface area (Å²) in [4.78, 5) is 10.4. The molecular weight excluding hydrogens is 192 g/mol. The summed E-state index contributed by atoms with van der Waals surface area (Å²) >= 11 is 7.28. The van der Waals surface area contributed by atoms with Crippen LogP contribution in [0.25, 0.3) is 0 Å². The van der Waals surface area contributed by atoms with Crippen LogP contribution >= 0.6 is 23.4 Å². The van der Waals surface area contributed by atoms with Gasteiger partial charge in [-0.3, -0.25) is 4.79 Å². The van der Waals surface area contributed by atoms with Gasteiger partial charge in [0.1, 0.15) is 0 Å². The Morgan fingerprint density at radius 1 is 1.50 bits per heavy atom. The van der Waals surface area contributed by atoms with Crippen LogP contribution in [0.4, 0.5) is 0 Å². The smallest absolute Gasteiger partial charge is 0.221 e. The molecule has 1 nitrogen and oxygen atoms in total. The van der Waals surface area contributed by atoms with Crippen LogP contribution in [0.3, 0.4) is 0 Å². The SMILES string of the molecule is O=C(Cl)CCCC[C@@H]1CCSC1. The van der Waals surface area contributed by atoms with Crippen LogP contribution in [-0.2, 0) is 4.79 Å². The molecule has 1 aliphatic rings. The van der Waals surface area contributed by atoms with E-state index in [0.717, 1.165) is 12.3 Å². The van der Waals surface area contributed by atoms with Gasteiger partial charge in [-0.2, -0.15) is 11.8 Å². The molecule has 1 fully saturated rings. The van der Waals surface area contributed by atoms with E-state index in [1.165, 1.54) is 30.8 Å². The predicted molar refractivity (Wildman–Crippen MR) is 54.8 cm³/mol. The molecule has 1 saturated heterocycles. The van der Waals surface area contributed by atoms with E-state index in [-0.39, 0.29) is 5.24 Å². The monoisotopic (exact) mass is 206 g/mol. The van der Waals surface area contributed by atoms with Crippen molar-refractivity contribution in [3.63, 3.8) is 0 Å². The van der Waals surface area contributed by atoms with Gasteiger partial charge in [0.15, 0.2) is 0 Å². The number of hydrogen-bond donors (Lipinski definition) is 0. The molecule has 70 valence electrons. The van der Waals surface area contributed by atoms with Crippen molar-refractivity contribution < 1.29 is 4.79 Å². The number of unbranched alkanes of at least 4 members (excludes halogenated alkanes) is 1. The summed E-state index contributed by atoms with van der Waals surface area (Å²) in [6.07, 6.45) is 5.37. The summed E-state index contributed by atoms with van der Waals surface area (Å²) in [5.74, 6) is 3.58. The standard InChI is InChI=1S/C9H15ClOS/c10-9(11)4-2-1-3-8-5-6-12-7-8/h8H,1-7H2/t8-/m1/s1. The fourth-order valence-electron chi connectivity index (χ4n) is 1.51. The molecule has 0 radical (unpaired) electrons. The zero-order valence-corrected chi connectivity index (χ0v) is 8.79. The predicted octanol–water partition coefficient (Wildman–Crippen LogP) is 3.07. The van der Waals surface area contributed by atoms with Crippen molar-refractivity contribution in [3.8, 4) is 0 Å². The van der Waals surface area contributed by atoms with Crippen LogP contribution in [0.2, 0.25) is 0 Å². The van der Waals surface area contributed by atoms with Gasteiger partial charge in [-0.25, -0.2) is 0 Å². The van der Waals surface area contributed by atoms with Crippen molar-refractivity contribution >= 4 is 28.6 Å². The van der Waals surface area contributed by atoms with Crippen LogP contribution in [0, 0.1) is 5.92 Å². The number of carbonyl (C=O) groups is 1. The molecule has 0 spiro atoms. The zero-order valence-electron chi connectivity index (χ0n) is 7.22. The molecule has 0 N–H and O–H groups in total. The quantitative estimate of drug-likeness (QED) is 0.508. The van der Waals surface area contributed by atoms with Crippen molar-refractivity contribution in [2.45, 2.75) is 32.1 Å². The lowest BCUT2D eigenvalue weighted by atomic mass is 10.0. The first kappa shape index (κ1) is 10.4. The molecule has 0 aromatic heterocycles. The zero-order chi connectivity index (χ0) is 8.81. The Kier molecular flexibility index (Phi) is 5.08. The van der Waals surface area contributed by atoms with Crippen LogP contribution in [-0.4, -0.2) is 16.7 Å². The Morgan fingerprint density at radius 3 is 2.92 bits per heavy atom. The topological polar surface area (TPSA) is 17.1 Å². The lowest BCUT2D eigenvalue weighted by molar-refractivity contribution is -0.111. The number of halogens is 1. The maximum Gasteiger partial charge on any atom is 0.221 e. The van der Waals surface area contributed by atoms with Crippen molar-refractivity contribution in [2.24, 2.45) is 5.92 Å². The number of hydrogen-bond acceptors (Lipinski definition) is 2. The third kappa shape index (κ3) is 4.36. The molecule has 0 unspecified atom stereocenters. The van der Waals surface area contributed by atoms with E-state index in [1.54, 1.807) is 0 Å². The Balaban J connectivity index is 1.91. The first-order valence-corrected chi connectivity index (χ1v) is 6.08. The molecule has 0 aliphatic carbocycles. The van der Waals surface area contributed by atoms with Gasteiger partial charge in [0, 0.05) is 6.42 Å². The molecule has 0 amide bonds. The van der Waals surface area contributed by atoms with E-state index in [2.05, 4.69) is 11.8 Å². The van der Waals surface area contributed by atoms with E-state index >= 15 is 0 Å². The van der Waals surface area contributed by atoms with Crippen LogP contribution < -0.4 is 0 Å². The Labute approximate surface area is 83.2 Å².